The van der Waals surface area contributed by atoms with E-state index in [1.54, 1.807) is 11.8 Å². The van der Waals surface area contributed by atoms with Crippen LogP contribution in [0.25, 0.3) is 0 Å². The third-order valence-corrected chi connectivity index (χ3v) is 5.01. The van der Waals surface area contributed by atoms with Gasteiger partial charge in [0.05, 0.1) is 12.2 Å². The molecule has 0 aromatic carbocycles. The summed E-state index contributed by atoms with van der Waals surface area (Å²) in [6.07, 6.45) is 1.34. The molecular weight excluding hydrogens is 372 g/mol. The third-order valence-electron chi connectivity index (χ3n) is 5.01. The summed E-state index contributed by atoms with van der Waals surface area (Å²) in [6, 6.07) is 1.09. The second-order valence-electron chi connectivity index (χ2n) is 7.01. The fourth-order valence-electron chi connectivity index (χ4n) is 3.32. The molecule has 10 heteroatoms. The number of carbonyl (C=O) groups excluding carboxylic acids is 2. The molecule has 0 bridgehead atoms. The lowest BCUT2D eigenvalue weighted by Gasteiger charge is -2.21. The van der Waals surface area contributed by atoms with Crippen molar-refractivity contribution < 1.29 is 22.9 Å². The average Bonchev–Trinajstić information content (AvgIpc) is 3.13. The SMILES string of the molecule is Cc1noc(C)c1CN1CCC(NC(=O)c2cc(C)n(C(F)F)n2)CCC1=O. The van der Waals surface area contributed by atoms with Crippen molar-refractivity contribution >= 4 is 11.8 Å². The van der Waals surface area contributed by atoms with Gasteiger partial charge in [0.2, 0.25) is 5.91 Å². The van der Waals surface area contributed by atoms with Crippen LogP contribution in [0.1, 0.15) is 59.0 Å². The van der Waals surface area contributed by atoms with Gasteiger partial charge in [0, 0.05) is 30.3 Å². The van der Waals surface area contributed by atoms with Crippen molar-refractivity contribution in [3.05, 3.63) is 34.5 Å². The van der Waals surface area contributed by atoms with Crippen molar-refractivity contribution in [3.8, 4) is 0 Å². The van der Waals surface area contributed by atoms with Crippen molar-refractivity contribution in [2.45, 2.75) is 59.2 Å². The highest BCUT2D eigenvalue weighted by Gasteiger charge is 2.26. The molecule has 152 valence electrons. The molecule has 1 saturated heterocycles. The van der Waals surface area contributed by atoms with Crippen LogP contribution in [0.4, 0.5) is 8.78 Å². The summed E-state index contributed by atoms with van der Waals surface area (Å²) in [5, 5.41) is 10.4. The Hall–Kier alpha value is -2.78. The minimum atomic E-state index is -2.80. The number of aromatic nitrogens is 3. The van der Waals surface area contributed by atoms with E-state index in [2.05, 4.69) is 15.6 Å². The molecule has 2 amide bonds. The number of carbonyl (C=O) groups is 2. The standard InChI is InChI=1S/C18H23F2N5O3/c1-10-8-15(22-25(10)18(19)20)17(27)21-13-4-5-16(26)24(7-6-13)9-14-11(2)23-28-12(14)3/h8,13,18H,4-7,9H2,1-3H3,(H,21,27). The highest BCUT2D eigenvalue weighted by atomic mass is 19.3. The molecular formula is C18H23F2N5O3. The number of halogens is 2. The Balaban J connectivity index is 1.62. The number of alkyl halides is 2. The molecule has 0 spiro atoms. The highest BCUT2D eigenvalue weighted by Crippen LogP contribution is 2.20. The average molecular weight is 395 g/mol. The van der Waals surface area contributed by atoms with E-state index in [1.807, 2.05) is 6.92 Å². The van der Waals surface area contributed by atoms with Gasteiger partial charge in [0.25, 0.3) is 5.91 Å². The molecule has 2 aromatic heterocycles. The Morgan fingerprint density at radius 2 is 2.11 bits per heavy atom. The molecule has 2 aromatic rings. The molecule has 1 N–H and O–H groups in total. The summed E-state index contributed by atoms with van der Waals surface area (Å²) in [7, 11) is 0. The van der Waals surface area contributed by atoms with E-state index in [4.69, 9.17) is 4.52 Å². The normalized spacial score (nSPS) is 17.9. The van der Waals surface area contributed by atoms with Gasteiger partial charge >= 0.3 is 6.55 Å². The predicted molar refractivity (Wildman–Crippen MR) is 94.7 cm³/mol. The first-order valence-corrected chi connectivity index (χ1v) is 9.11. The smallest absolute Gasteiger partial charge is 0.333 e. The fraction of sp³-hybridized carbons (Fsp3) is 0.556. The lowest BCUT2D eigenvalue weighted by molar-refractivity contribution is -0.131. The van der Waals surface area contributed by atoms with E-state index < -0.39 is 12.5 Å². The Kier molecular flexibility index (Phi) is 5.76. The number of likely N-dealkylation sites (tertiary alicyclic amines) is 1. The van der Waals surface area contributed by atoms with Gasteiger partial charge in [0.15, 0.2) is 5.69 Å². The molecule has 0 aliphatic carbocycles. The van der Waals surface area contributed by atoms with Crippen LogP contribution in [0.2, 0.25) is 0 Å². The Morgan fingerprint density at radius 3 is 2.71 bits per heavy atom. The molecule has 3 heterocycles. The summed E-state index contributed by atoms with van der Waals surface area (Å²) in [5.74, 6) is 0.165. The van der Waals surface area contributed by atoms with E-state index >= 15 is 0 Å². The van der Waals surface area contributed by atoms with Crippen LogP contribution in [-0.4, -0.2) is 44.2 Å². The third kappa shape index (κ3) is 4.20. The van der Waals surface area contributed by atoms with E-state index in [0.717, 1.165) is 11.3 Å². The monoisotopic (exact) mass is 395 g/mol. The zero-order valence-corrected chi connectivity index (χ0v) is 16.0. The van der Waals surface area contributed by atoms with E-state index in [0.29, 0.717) is 42.8 Å². The summed E-state index contributed by atoms with van der Waals surface area (Å²) >= 11 is 0. The van der Waals surface area contributed by atoms with Crippen LogP contribution >= 0.6 is 0 Å². The number of aryl methyl sites for hydroxylation is 3. The predicted octanol–water partition coefficient (Wildman–Crippen LogP) is 2.50. The minimum Gasteiger partial charge on any atom is -0.361 e. The fourth-order valence-corrected chi connectivity index (χ4v) is 3.32. The maximum absolute atomic E-state index is 12.8. The van der Waals surface area contributed by atoms with Crippen molar-refractivity contribution in [3.63, 3.8) is 0 Å². The molecule has 3 rings (SSSR count). The van der Waals surface area contributed by atoms with Crippen LogP contribution in [0.3, 0.4) is 0 Å². The first-order chi connectivity index (χ1) is 13.3. The number of amides is 2. The number of hydrogen-bond acceptors (Lipinski definition) is 5. The molecule has 1 atom stereocenters. The lowest BCUT2D eigenvalue weighted by Crippen LogP contribution is -2.36. The van der Waals surface area contributed by atoms with Gasteiger partial charge < -0.3 is 14.7 Å². The van der Waals surface area contributed by atoms with Crippen molar-refractivity contribution in [2.24, 2.45) is 0 Å². The number of nitrogens with zero attached hydrogens (tertiary/aromatic N) is 4. The van der Waals surface area contributed by atoms with Gasteiger partial charge in [-0.1, -0.05) is 5.16 Å². The quantitative estimate of drug-likeness (QED) is 0.840. The van der Waals surface area contributed by atoms with Gasteiger partial charge in [-0.15, -0.1) is 0 Å². The first kappa shape index (κ1) is 20.0. The molecule has 1 fully saturated rings. The molecule has 0 saturated carbocycles. The molecule has 28 heavy (non-hydrogen) atoms. The van der Waals surface area contributed by atoms with E-state index in [9.17, 15) is 18.4 Å². The number of nitrogens with one attached hydrogen (secondary N) is 1. The molecule has 1 unspecified atom stereocenters. The lowest BCUT2D eigenvalue weighted by atomic mass is 10.1. The van der Waals surface area contributed by atoms with Crippen LogP contribution in [-0.2, 0) is 11.3 Å². The van der Waals surface area contributed by atoms with E-state index in [-0.39, 0.29) is 23.3 Å². The topological polar surface area (TPSA) is 93.3 Å². The van der Waals surface area contributed by atoms with Crippen LogP contribution in [0, 0.1) is 20.8 Å². The zero-order valence-electron chi connectivity index (χ0n) is 16.0. The molecule has 1 aliphatic heterocycles. The molecule has 0 radical (unpaired) electrons. The maximum Gasteiger partial charge on any atom is 0.333 e. The van der Waals surface area contributed by atoms with Crippen molar-refractivity contribution in [2.75, 3.05) is 6.54 Å². The van der Waals surface area contributed by atoms with Crippen molar-refractivity contribution in [1.29, 1.82) is 0 Å². The first-order valence-electron chi connectivity index (χ1n) is 9.11. The maximum atomic E-state index is 12.8. The second kappa shape index (κ2) is 8.07. The van der Waals surface area contributed by atoms with Crippen LogP contribution < -0.4 is 5.32 Å². The van der Waals surface area contributed by atoms with Gasteiger partial charge in [-0.2, -0.15) is 13.9 Å². The number of hydrogen-bond donors (Lipinski definition) is 1. The summed E-state index contributed by atoms with van der Waals surface area (Å²) in [4.78, 5) is 26.6. The largest absolute Gasteiger partial charge is 0.361 e. The van der Waals surface area contributed by atoms with Crippen LogP contribution in [0.15, 0.2) is 10.6 Å². The summed E-state index contributed by atoms with van der Waals surface area (Å²) < 4.78 is 31.3. The van der Waals surface area contributed by atoms with Crippen molar-refractivity contribution in [1.82, 2.24) is 25.2 Å². The zero-order chi connectivity index (χ0) is 20.4. The molecule has 8 nitrogen and oxygen atoms in total. The summed E-state index contributed by atoms with van der Waals surface area (Å²) in [5.41, 5.74) is 1.80. The second-order valence-corrected chi connectivity index (χ2v) is 7.01. The van der Waals surface area contributed by atoms with Gasteiger partial charge in [-0.05, 0) is 39.7 Å². The minimum absolute atomic E-state index is 0.00503. The Bertz CT molecular complexity index is 857. The van der Waals surface area contributed by atoms with Crippen LogP contribution in [0.5, 0.6) is 0 Å². The van der Waals surface area contributed by atoms with Gasteiger partial charge in [-0.25, -0.2) is 4.68 Å². The van der Waals surface area contributed by atoms with Gasteiger partial charge in [0.1, 0.15) is 5.76 Å². The Labute approximate surface area is 160 Å². The summed E-state index contributed by atoms with van der Waals surface area (Å²) in [6.45, 7) is 3.19. The van der Waals surface area contributed by atoms with E-state index in [1.165, 1.54) is 13.0 Å². The van der Waals surface area contributed by atoms with Gasteiger partial charge in [-0.3, -0.25) is 9.59 Å². The molecule has 1 aliphatic rings. The highest BCUT2D eigenvalue weighted by molar-refractivity contribution is 5.92. The Morgan fingerprint density at radius 1 is 1.36 bits per heavy atom. The number of rotatable bonds is 5.